The van der Waals surface area contributed by atoms with Crippen molar-refractivity contribution >= 4 is 5.91 Å². The molecule has 0 heterocycles. The lowest BCUT2D eigenvalue weighted by Crippen LogP contribution is -2.46. The van der Waals surface area contributed by atoms with E-state index in [-0.39, 0.29) is 18.1 Å². The van der Waals surface area contributed by atoms with Gasteiger partial charge in [0.05, 0.1) is 6.10 Å². The molecule has 0 aromatic carbocycles. The van der Waals surface area contributed by atoms with Crippen LogP contribution in [0.4, 0.5) is 0 Å². The molecule has 2 saturated carbocycles. The van der Waals surface area contributed by atoms with Gasteiger partial charge in [-0.1, -0.05) is 32.1 Å². The van der Waals surface area contributed by atoms with Gasteiger partial charge >= 0.3 is 0 Å². The van der Waals surface area contributed by atoms with Crippen molar-refractivity contribution < 1.29 is 9.90 Å². The van der Waals surface area contributed by atoms with Crippen LogP contribution in [0.5, 0.6) is 0 Å². The maximum atomic E-state index is 11.6. The minimum absolute atomic E-state index is 0.178. The zero-order valence-corrected chi connectivity index (χ0v) is 10.7. The molecule has 17 heavy (non-hydrogen) atoms. The van der Waals surface area contributed by atoms with Gasteiger partial charge in [0.15, 0.2) is 0 Å². The lowest BCUT2D eigenvalue weighted by molar-refractivity contribution is -0.123. The third kappa shape index (κ3) is 4.30. The molecule has 0 aromatic rings. The van der Waals surface area contributed by atoms with Crippen LogP contribution in [0.3, 0.4) is 0 Å². The highest BCUT2D eigenvalue weighted by Gasteiger charge is 2.28. The summed E-state index contributed by atoms with van der Waals surface area (Å²) in [4.78, 5) is 11.6. The molecule has 0 aliphatic heterocycles. The number of carbonyl (C=O) groups is 1. The first-order valence-corrected chi connectivity index (χ1v) is 7.21. The first kappa shape index (κ1) is 12.9. The van der Waals surface area contributed by atoms with Gasteiger partial charge in [0, 0.05) is 12.5 Å². The Balaban J connectivity index is 1.50. The van der Waals surface area contributed by atoms with Gasteiger partial charge in [0.2, 0.25) is 5.91 Å². The fourth-order valence-corrected chi connectivity index (χ4v) is 3.03. The van der Waals surface area contributed by atoms with Crippen molar-refractivity contribution in [1.29, 1.82) is 0 Å². The van der Waals surface area contributed by atoms with Crippen LogP contribution in [-0.2, 0) is 4.79 Å². The van der Waals surface area contributed by atoms with Crippen LogP contribution in [0, 0.1) is 5.92 Å². The predicted octanol–water partition coefficient (Wildman–Crippen LogP) is 2.38. The maximum Gasteiger partial charge on any atom is 0.220 e. The molecule has 0 radical (unpaired) electrons. The molecule has 0 aromatic heterocycles. The van der Waals surface area contributed by atoms with Crippen molar-refractivity contribution in [3.63, 3.8) is 0 Å². The molecule has 98 valence electrons. The van der Waals surface area contributed by atoms with E-state index in [4.69, 9.17) is 5.11 Å². The van der Waals surface area contributed by atoms with E-state index in [2.05, 4.69) is 5.32 Å². The van der Waals surface area contributed by atoms with Crippen LogP contribution in [0.2, 0.25) is 0 Å². The molecule has 2 rings (SSSR count). The number of hydrogen-bond donors (Lipinski definition) is 2. The van der Waals surface area contributed by atoms with E-state index in [1.165, 1.54) is 38.5 Å². The average Bonchev–Trinajstić information content (AvgIpc) is 2.28. The van der Waals surface area contributed by atoms with Crippen molar-refractivity contribution in [3.8, 4) is 0 Å². The van der Waals surface area contributed by atoms with Crippen LogP contribution in [0.25, 0.3) is 0 Å². The first-order chi connectivity index (χ1) is 8.24. The Morgan fingerprint density at radius 3 is 2.53 bits per heavy atom. The second-order valence-corrected chi connectivity index (χ2v) is 5.79. The molecule has 2 aliphatic rings. The Bertz CT molecular complexity index is 243. The molecule has 2 fully saturated rings. The number of aliphatic hydroxyl groups is 1. The summed E-state index contributed by atoms with van der Waals surface area (Å²) in [6.07, 6.45) is 11.2. The highest BCUT2D eigenvalue weighted by Crippen LogP contribution is 2.27. The first-order valence-electron chi connectivity index (χ1n) is 7.21. The summed E-state index contributed by atoms with van der Waals surface area (Å²) in [7, 11) is 0. The molecule has 3 nitrogen and oxygen atoms in total. The molecule has 2 N–H and O–H groups in total. The van der Waals surface area contributed by atoms with Crippen molar-refractivity contribution in [2.75, 3.05) is 0 Å². The van der Waals surface area contributed by atoms with Gasteiger partial charge in [-0.05, 0) is 31.6 Å². The van der Waals surface area contributed by atoms with Crippen LogP contribution >= 0.6 is 0 Å². The topological polar surface area (TPSA) is 49.3 Å². The summed E-state index contributed by atoms with van der Waals surface area (Å²) in [6, 6.07) is 0.243. The highest BCUT2D eigenvalue weighted by molar-refractivity contribution is 5.76. The largest absolute Gasteiger partial charge is 0.393 e. The number of amides is 1. The molecule has 2 aliphatic carbocycles. The van der Waals surface area contributed by atoms with Crippen molar-refractivity contribution in [3.05, 3.63) is 0 Å². The summed E-state index contributed by atoms with van der Waals surface area (Å²) in [5.74, 6) is 1.06. The van der Waals surface area contributed by atoms with E-state index in [0.717, 1.165) is 25.2 Å². The molecular weight excluding hydrogens is 214 g/mol. The van der Waals surface area contributed by atoms with Gasteiger partial charge in [-0.3, -0.25) is 4.79 Å². The van der Waals surface area contributed by atoms with Crippen LogP contribution in [0.15, 0.2) is 0 Å². The summed E-state index contributed by atoms with van der Waals surface area (Å²) in [5.41, 5.74) is 0. The van der Waals surface area contributed by atoms with Gasteiger partial charge in [-0.25, -0.2) is 0 Å². The maximum absolute atomic E-state index is 11.6. The van der Waals surface area contributed by atoms with Crippen molar-refractivity contribution in [1.82, 2.24) is 5.32 Å². The number of carbonyl (C=O) groups excluding carboxylic acids is 1. The summed E-state index contributed by atoms with van der Waals surface area (Å²) in [6.45, 7) is 0. The monoisotopic (exact) mass is 239 g/mol. The number of nitrogens with one attached hydrogen (secondary N) is 1. The summed E-state index contributed by atoms with van der Waals surface area (Å²) < 4.78 is 0. The molecule has 0 atom stereocenters. The van der Waals surface area contributed by atoms with Crippen molar-refractivity contribution in [2.24, 2.45) is 5.92 Å². The van der Waals surface area contributed by atoms with Gasteiger partial charge in [0.1, 0.15) is 0 Å². The van der Waals surface area contributed by atoms with E-state index in [1.54, 1.807) is 0 Å². The third-order valence-electron chi connectivity index (χ3n) is 4.22. The van der Waals surface area contributed by atoms with Gasteiger partial charge in [0.25, 0.3) is 0 Å². The van der Waals surface area contributed by atoms with Crippen LogP contribution in [0.1, 0.15) is 64.2 Å². The minimum Gasteiger partial charge on any atom is -0.393 e. The number of aliphatic hydroxyl groups excluding tert-OH is 1. The molecule has 0 spiro atoms. The van der Waals surface area contributed by atoms with Crippen LogP contribution in [-0.4, -0.2) is 23.2 Å². The zero-order chi connectivity index (χ0) is 12.1. The smallest absolute Gasteiger partial charge is 0.220 e. The molecule has 0 bridgehead atoms. The average molecular weight is 239 g/mol. The summed E-state index contributed by atoms with van der Waals surface area (Å²) >= 11 is 0. The molecule has 1 amide bonds. The second-order valence-electron chi connectivity index (χ2n) is 5.79. The predicted molar refractivity (Wildman–Crippen MR) is 67.6 cm³/mol. The SMILES string of the molecule is O=C(CCCC1CCCCC1)NC1CC(O)C1. The van der Waals surface area contributed by atoms with Gasteiger partial charge in [-0.2, -0.15) is 0 Å². The van der Waals surface area contributed by atoms with E-state index in [0.29, 0.717) is 6.42 Å². The standard InChI is InChI=1S/C14H25NO2/c16-13-9-12(10-13)15-14(17)8-4-7-11-5-2-1-3-6-11/h11-13,16H,1-10H2,(H,15,17). The van der Waals surface area contributed by atoms with E-state index >= 15 is 0 Å². The van der Waals surface area contributed by atoms with Gasteiger partial charge < -0.3 is 10.4 Å². The van der Waals surface area contributed by atoms with E-state index in [1.807, 2.05) is 0 Å². The van der Waals surface area contributed by atoms with E-state index < -0.39 is 0 Å². The normalized spacial score (nSPS) is 29.7. The third-order valence-corrected chi connectivity index (χ3v) is 4.22. The molecular formula is C14H25NO2. The Labute approximate surface area is 104 Å². The minimum atomic E-state index is -0.178. The zero-order valence-electron chi connectivity index (χ0n) is 10.7. The lowest BCUT2D eigenvalue weighted by Gasteiger charge is -2.32. The highest BCUT2D eigenvalue weighted by atomic mass is 16.3. The fraction of sp³-hybridized carbons (Fsp3) is 0.929. The summed E-state index contributed by atoms with van der Waals surface area (Å²) in [5, 5.41) is 12.1. The van der Waals surface area contributed by atoms with Crippen LogP contribution < -0.4 is 5.32 Å². The lowest BCUT2D eigenvalue weighted by atomic mass is 9.85. The molecule has 3 heteroatoms. The Kier molecular flexibility index (Phi) is 4.84. The molecule has 0 saturated heterocycles. The second kappa shape index (κ2) is 6.39. The Morgan fingerprint density at radius 1 is 1.18 bits per heavy atom. The van der Waals surface area contributed by atoms with Gasteiger partial charge in [-0.15, -0.1) is 0 Å². The van der Waals surface area contributed by atoms with E-state index in [9.17, 15) is 4.79 Å². The number of rotatable bonds is 5. The Morgan fingerprint density at radius 2 is 1.88 bits per heavy atom. The van der Waals surface area contributed by atoms with Crippen molar-refractivity contribution in [2.45, 2.75) is 76.4 Å². The number of hydrogen-bond acceptors (Lipinski definition) is 2. The molecule has 0 unspecified atom stereocenters. The fourth-order valence-electron chi connectivity index (χ4n) is 3.03. The Hall–Kier alpha value is -0.570. The quantitative estimate of drug-likeness (QED) is 0.774.